The highest BCUT2D eigenvalue weighted by molar-refractivity contribution is 5.89. The molecule has 0 aliphatic carbocycles. The lowest BCUT2D eigenvalue weighted by Gasteiger charge is -2.20. The fourth-order valence-electron chi connectivity index (χ4n) is 3.22. The van der Waals surface area contributed by atoms with Gasteiger partial charge in [0.15, 0.2) is 0 Å². The maximum Gasteiger partial charge on any atom is 0.242 e. The van der Waals surface area contributed by atoms with Crippen LogP contribution in [0.4, 0.5) is 14.5 Å². The van der Waals surface area contributed by atoms with E-state index in [0.29, 0.717) is 12.1 Å². The Labute approximate surface area is 139 Å². The monoisotopic (exact) mass is 322 g/mol. The van der Waals surface area contributed by atoms with Gasteiger partial charge >= 0.3 is 0 Å². The van der Waals surface area contributed by atoms with Gasteiger partial charge in [0.05, 0.1) is 5.52 Å². The first kappa shape index (κ1) is 14.8. The lowest BCUT2D eigenvalue weighted by Crippen LogP contribution is -2.12. The summed E-state index contributed by atoms with van der Waals surface area (Å²) in [6.07, 6.45) is -0.777. The minimum Gasteiger partial charge on any atom is -0.337 e. The molecule has 1 aromatic heterocycles. The van der Waals surface area contributed by atoms with E-state index in [4.69, 9.17) is 0 Å². The molecule has 0 N–H and O–H groups in total. The summed E-state index contributed by atoms with van der Waals surface area (Å²) in [5.74, 6) is 0. The highest BCUT2D eigenvalue weighted by atomic mass is 19.3. The van der Waals surface area contributed by atoms with E-state index in [1.807, 2.05) is 36.4 Å². The van der Waals surface area contributed by atoms with E-state index >= 15 is 0 Å². The summed E-state index contributed by atoms with van der Waals surface area (Å²) in [5.41, 5.74) is 5.55. The van der Waals surface area contributed by atoms with Gasteiger partial charge in [0, 0.05) is 41.5 Å². The van der Waals surface area contributed by atoms with Crippen LogP contribution in [0.1, 0.15) is 16.7 Å². The summed E-state index contributed by atoms with van der Waals surface area (Å²) in [5, 5.41) is 1.07. The van der Waals surface area contributed by atoms with Crippen LogP contribution in [0.5, 0.6) is 0 Å². The molecule has 2 nitrogen and oxygen atoms in total. The van der Waals surface area contributed by atoms with E-state index in [-0.39, 0.29) is 6.42 Å². The van der Waals surface area contributed by atoms with Crippen molar-refractivity contribution in [1.82, 2.24) is 4.98 Å². The zero-order valence-electron chi connectivity index (χ0n) is 13.0. The second kappa shape index (κ2) is 5.71. The highest BCUT2D eigenvalue weighted by Crippen LogP contribution is 2.37. The first-order chi connectivity index (χ1) is 11.6. The van der Waals surface area contributed by atoms with Gasteiger partial charge in [0.2, 0.25) is 6.43 Å². The molecule has 2 heterocycles. The Bertz CT molecular complexity index is 934. The molecule has 4 heteroatoms. The topological polar surface area (TPSA) is 16.1 Å². The molecular weight excluding hydrogens is 306 g/mol. The van der Waals surface area contributed by atoms with Crippen LogP contribution in [0.15, 0.2) is 61.3 Å². The fourth-order valence-corrected chi connectivity index (χ4v) is 3.22. The van der Waals surface area contributed by atoms with Crippen molar-refractivity contribution in [2.75, 3.05) is 4.90 Å². The average Bonchev–Trinajstić information content (AvgIpc) is 2.90. The minimum atomic E-state index is -2.33. The van der Waals surface area contributed by atoms with Crippen molar-refractivity contribution in [1.29, 1.82) is 0 Å². The average molecular weight is 322 g/mol. The molecule has 0 spiro atoms. The molecule has 0 saturated heterocycles. The maximum atomic E-state index is 12.6. The van der Waals surface area contributed by atoms with Crippen LogP contribution in [0, 0.1) is 0 Å². The Morgan fingerprint density at radius 2 is 2.00 bits per heavy atom. The van der Waals surface area contributed by atoms with Gasteiger partial charge in [-0.15, -0.1) is 0 Å². The van der Waals surface area contributed by atoms with Gasteiger partial charge in [0.1, 0.15) is 0 Å². The number of benzene rings is 2. The number of nitrogens with zero attached hydrogens (tertiary/aromatic N) is 2. The quantitative estimate of drug-likeness (QED) is 0.672. The van der Waals surface area contributed by atoms with Crippen LogP contribution in [0.2, 0.25) is 0 Å². The molecule has 2 aromatic carbocycles. The van der Waals surface area contributed by atoms with Crippen molar-refractivity contribution in [2.45, 2.75) is 19.4 Å². The number of rotatable bonds is 3. The molecule has 1 aliphatic rings. The van der Waals surface area contributed by atoms with Gasteiger partial charge in [-0.2, -0.15) is 0 Å². The fraction of sp³-hybridized carbons (Fsp3) is 0.150. The summed E-state index contributed by atoms with van der Waals surface area (Å²) in [7, 11) is 0. The van der Waals surface area contributed by atoms with E-state index in [1.54, 1.807) is 12.3 Å². The van der Waals surface area contributed by atoms with E-state index in [0.717, 1.165) is 33.4 Å². The molecule has 0 amide bonds. The predicted molar refractivity (Wildman–Crippen MR) is 93.1 cm³/mol. The number of halogens is 2. The number of hydrogen-bond acceptors (Lipinski definition) is 2. The summed E-state index contributed by atoms with van der Waals surface area (Å²) < 4.78 is 25.2. The number of alkyl halides is 2. The number of anilines is 1. The van der Waals surface area contributed by atoms with Crippen molar-refractivity contribution in [3.8, 4) is 0 Å². The third-order valence-electron chi connectivity index (χ3n) is 4.43. The van der Waals surface area contributed by atoms with Gasteiger partial charge in [-0.1, -0.05) is 24.8 Å². The van der Waals surface area contributed by atoms with Gasteiger partial charge < -0.3 is 4.90 Å². The Kier molecular flexibility index (Phi) is 3.53. The van der Waals surface area contributed by atoms with E-state index < -0.39 is 6.43 Å². The lowest BCUT2D eigenvalue weighted by atomic mass is 10.0. The molecule has 3 aromatic rings. The largest absolute Gasteiger partial charge is 0.337 e. The molecule has 0 bridgehead atoms. The van der Waals surface area contributed by atoms with E-state index in [1.165, 1.54) is 0 Å². The number of fused-ring (bicyclic) bond motifs is 2. The van der Waals surface area contributed by atoms with Crippen molar-refractivity contribution in [2.24, 2.45) is 0 Å². The Balaban J connectivity index is 1.68. The first-order valence-electron chi connectivity index (χ1n) is 7.83. The van der Waals surface area contributed by atoms with Gasteiger partial charge in [0.25, 0.3) is 0 Å². The summed E-state index contributed by atoms with van der Waals surface area (Å²) in [4.78, 5) is 6.45. The number of pyridine rings is 1. The predicted octanol–water partition coefficient (Wildman–Crippen LogP) is 5.03. The standard InChI is InChI=1S/C20H16F2N2/c1-13-18-9-14(10-20(21)22)4-5-16(18)12-24(13)17-6-7-19-15(11-17)3-2-8-23-19/h2-9,11,20H,1,10,12H2. The number of aromatic nitrogens is 1. The molecule has 24 heavy (non-hydrogen) atoms. The first-order valence-corrected chi connectivity index (χ1v) is 7.83. The summed E-state index contributed by atoms with van der Waals surface area (Å²) in [6.45, 7) is 4.88. The minimum absolute atomic E-state index is 0.220. The zero-order valence-corrected chi connectivity index (χ0v) is 13.0. The molecule has 0 radical (unpaired) electrons. The van der Waals surface area contributed by atoms with E-state index in [9.17, 15) is 8.78 Å². The van der Waals surface area contributed by atoms with Crippen molar-refractivity contribution in [3.05, 3.63) is 78.0 Å². The molecule has 0 atom stereocenters. The van der Waals surface area contributed by atoms with Crippen LogP contribution in [-0.4, -0.2) is 11.4 Å². The zero-order chi connectivity index (χ0) is 16.7. The Morgan fingerprint density at radius 1 is 1.12 bits per heavy atom. The highest BCUT2D eigenvalue weighted by Gasteiger charge is 2.24. The third kappa shape index (κ3) is 2.54. The molecule has 4 rings (SSSR count). The lowest BCUT2D eigenvalue weighted by molar-refractivity contribution is 0.149. The van der Waals surface area contributed by atoms with Gasteiger partial charge in [-0.25, -0.2) is 8.78 Å². The Morgan fingerprint density at radius 3 is 2.83 bits per heavy atom. The van der Waals surface area contributed by atoms with Crippen LogP contribution in [0.25, 0.3) is 16.6 Å². The maximum absolute atomic E-state index is 12.6. The van der Waals surface area contributed by atoms with Crippen LogP contribution in [-0.2, 0) is 13.0 Å². The summed E-state index contributed by atoms with van der Waals surface area (Å²) in [6, 6.07) is 15.6. The van der Waals surface area contributed by atoms with Crippen LogP contribution >= 0.6 is 0 Å². The van der Waals surface area contributed by atoms with Crippen LogP contribution in [0.3, 0.4) is 0 Å². The van der Waals surface area contributed by atoms with Gasteiger partial charge in [-0.3, -0.25) is 4.98 Å². The molecule has 1 aliphatic heterocycles. The molecule has 0 unspecified atom stereocenters. The Hall–Kier alpha value is -2.75. The van der Waals surface area contributed by atoms with E-state index in [2.05, 4.69) is 22.5 Å². The van der Waals surface area contributed by atoms with Crippen LogP contribution < -0.4 is 4.90 Å². The number of hydrogen-bond donors (Lipinski definition) is 0. The van der Waals surface area contributed by atoms with Gasteiger partial charge in [-0.05, 0) is 41.5 Å². The second-order valence-electron chi connectivity index (χ2n) is 6.00. The smallest absolute Gasteiger partial charge is 0.242 e. The summed E-state index contributed by atoms with van der Waals surface area (Å²) >= 11 is 0. The third-order valence-corrected chi connectivity index (χ3v) is 4.43. The molecule has 120 valence electrons. The van der Waals surface area contributed by atoms with Crippen molar-refractivity contribution >= 4 is 22.3 Å². The SMILES string of the molecule is C=C1c2cc(CC(F)F)ccc2CN1c1ccc2ncccc2c1. The molecule has 0 fully saturated rings. The molecule has 0 saturated carbocycles. The normalized spacial score (nSPS) is 13.8. The van der Waals surface area contributed by atoms with Crippen molar-refractivity contribution < 1.29 is 8.78 Å². The van der Waals surface area contributed by atoms with Crippen molar-refractivity contribution in [3.63, 3.8) is 0 Å². The molecular formula is C20H16F2N2. The second-order valence-corrected chi connectivity index (χ2v) is 6.00.